The molecule has 4 rings (SSSR count). The first kappa shape index (κ1) is 11.2. The van der Waals surface area contributed by atoms with Crippen molar-refractivity contribution in [2.45, 2.75) is 50.9 Å². The maximum Gasteiger partial charge on any atom is 0.181 e. The van der Waals surface area contributed by atoms with E-state index in [0.717, 1.165) is 11.6 Å². The summed E-state index contributed by atoms with van der Waals surface area (Å²) in [5.41, 5.74) is 4.17. The van der Waals surface area contributed by atoms with Crippen molar-refractivity contribution in [3.63, 3.8) is 0 Å². The second kappa shape index (κ2) is 4.48. The molecule has 2 aromatic rings. The van der Waals surface area contributed by atoms with E-state index < -0.39 is 0 Å². The molecule has 0 unspecified atom stereocenters. The van der Waals surface area contributed by atoms with E-state index in [-0.39, 0.29) is 0 Å². The molecule has 1 heterocycles. The number of hydrogen-bond acceptors (Lipinski definition) is 2. The van der Waals surface area contributed by atoms with Crippen molar-refractivity contribution in [3.05, 3.63) is 35.2 Å². The molecular weight excluding hydrogens is 234 g/mol. The summed E-state index contributed by atoms with van der Waals surface area (Å²) in [7, 11) is 0. The van der Waals surface area contributed by atoms with E-state index in [4.69, 9.17) is 4.98 Å². The van der Waals surface area contributed by atoms with Gasteiger partial charge in [-0.2, -0.15) is 5.10 Å². The fourth-order valence-electron chi connectivity index (χ4n) is 3.50. The number of aryl methyl sites for hydroxylation is 2. The molecule has 0 amide bonds. The molecule has 0 radical (unpaired) electrons. The Morgan fingerprint density at radius 2 is 1.84 bits per heavy atom. The van der Waals surface area contributed by atoms with Crippen molar-refractivity contribution in [1.82, 2.24) is 15.2 Å². The van der Waals surface area contributed by atoms with Gasteiger partial charge in [-0.1, -0.05) is 25.0 Å². The van der Waals surface area contributed by atoms with E-state index in [2.05, 4.69) is 28.4 Å². The second-order valence-electron chi connectivity index (χ2n) is 5.86. The monoisotopic (exact) mass is 253 g/mol. The first-order valence-corrected chi connectivity index (χ1v) is 7.44. The number of aromatic nitrogens is 3. The number of fused-ring (bicyclic) bond motifs is 1. The van der Waals surface area contributed by atoms with Crippen molar-refractivity contribution in [3.8, 4) is 11.4 Å². The van der Waals surface area contributed by atoms with E-state index in [1.54, 1.807) is 0 Å². The molecule has 0 aliphatic heterocycles. The summed E-state index contributed by atoms with van der Waals surface area (Å²) in [6.45, 7) is 0. The molecule has 3 heteroatoms. The maximum atomic E-state index is 4.72. The average molecular weight is 253 g/mol. The van der Waals surface area contributed by atoms with Crippen LogP contribution in [0.5, 0.6) is 0 Å². The van der Waals surface area contributed by atoms with Crippen molar-refractivity contribution in [1.29, 1.82) is 0 Å². The lowest BCUT2D eigenvalue weighted by molar-refractivity contribution is 0.672. The Morgan fingerprint density at radius 3 is 2.74 bits per heavy atom. The zero-order valence-electron chi connectivity index (χ0n) is 11.2. The quantitative estimate of drug-likeness (QED) is 0.888. The Bertz CT molecular complexity index is 594. The van der Waals surface area contributed by atoms with Crippen LogP contribution in [0.4, 0.5) is 0 Å². The molecule has 3 nitrogen and oxygen atoms in total. The first-order chi connectivity index (χ1) is 9.40. The van der Waals surface area contributed by atoms with E-state index in [0.29, 0.717) is 5.92 Å². The highest BCUT2D eigenvalue weighted by Gasteiger charge is 2.21. The van der Waals surface area contributed by atoms with Crippen molar-refractivity contribution < 1.29 is 0 Å². The Hall–Kier alpha value is -1.64. The van der Waals surface area contributed by atoms with Crippen LogP contribution in [0.1, 0.15) is 55.0 Å². The van der Waals surface area contributed by atoms with Gasteiger partial charge >= 0.3 is 0 Å². The third kappa shape index (κ3) is 1.97. The van der Waals surface area contributed by atoms with Gasteiger partial charge in [0.05, 0.1) is 0 Å². The van der Waals surface area contributed by atoms with Crippen molar-refractivity contribution >= 4 is 0 Å². The summed E-state index contributed by atoms with van der Waals surface area (Å²) >= 11 is 0. The van der Waals surface area contributed by atoms with Gasteiger partial charge in [0.25, 0.3) is 0 Å². The molecule has 1 fully saturated rings. The van der Waals surface area contributed by atoms with Gasteiger partial charge in [0.2, 0.25) is 0 Å². The van der Waals surface area contributed by atoms with Crippen molar-refractivity contribution in [2.24, 2.45) is 0 Å². The molecule has 2 aliphatic carbocycles. The highest BCUT2D eigenvalue weighted by atomic mass is 15.2. The number of hydrogen-bond donors (Lipinski definition) is 1. The van der Waals surface area contributed by atoms with Crippen LogP contribution in [0, 0.1) is 0 Å². The van der Waals surface area contributed by atoms with Crippen LogP contribution in [-0.2, 0) is 12.8 Å². The Labute approximate surface area is 113 Å². The fraction of sp³-hybridized carbons (Fsp3) is 0.500. The summed E-state index contributed by atoms with van der Waals surface area (Å²) in [5.74, 6) is 2.57. The van der Waals surface area contributed by atoms with Gasteiger partial charge < -0.3 is 0 Å². The molecule has 0 saturated heterocycles. The Morgan fingerprint density at radius 1 is 1.00 bits per heavy atom. The third-order valence-corrected chi connectivity index (χ3v) is 4.60. The van der Waals surface area contributed by atoms with E-state index in [1.807, 2.05) is 0 Å². The third-order valence-electron chi connectivity index (χ3n) is 4.60. The van der Waals surface area contributed by atoms with Gasteiger partial charge in [-0.3, -0.25) is 5.10 Å². The molecule has 1 aromatic carbocycles. The summed E-state index contributed by atoms with van der Waals surface area (Å²) in [5, 5.41) is 7.57. The second-order valence-corrected chi connectivity index (χ2v) is 5.86. The molecule has 98 valence electrons. The number of rotatable bonds is 2. The number of aromatic amines is 1. The number of benzene rings is 1. The lowest BCUT2D eigenvalue weighted by Gasteiger charge is -2.03. The van der Waals surface area contributed by atoms with Crippen LogP contribution < -0.4 is 0 Å². The minimum absolute atomic E-state index is 0.607. The standard InChI is InChI=1S/C16H19N3/c1-2-5-12(4-1)15-17-16(19-18-15)14-9-8-11-6-3-7-13(11)10-14/h8-10,12H,1-7H2,(H,17,18,19). The molecule has 1 N–H and O–H groups in total. The van der Waals surface area contributed by atoms with E-state index in [9.17, 15) is 0 Å². The summed E-state index contributed by atoms with van der Waals surface area (Å²) in [6.07, 6.45) is 8.93. The molecule has 0 atom stereocenters. The van der Waals surface area contributed by atoms with E-state index >= 15 is 0 Å². The average Bonchev–Trinajstić information content (AvgIpc) is 3.18. The molecule has 1 saturated carbocycles. The molecule has 19 heavy (non-hydrogen) atoms. The van der Waals surface area contributed by atoms with Gasteiger partial charge in [0, 0.05) is 11.5 Å². The number of nitrogens with one attached hydrogen (secondary N) is 1. The predicted octanol–water partition coefficient (Wildman–Crippen LogP) is 3.62. The maximum absolute atomic E-state index is 4.72. The van der Waals surface area contributed by atoms with Crippen LogP contribution in [0.2, 0.25) is 0 Å². The van der Waals surface area contributed by atoms with Crippen LogP contribution in [-0.4, -0.2) is 15.2 Å². The fourth-order valence-corrected chi connectivity index (χ4v) is 3.50. The van der Waals surface area contributed by atoms with Gasteiger partial charge in [-0.15, -0.1) is 0 Å². The number of nitrogens with zero attached hydrogens (tertiary/aromatic N) is 2. The zero-order valence-corrected chi connectivity index (χ0v) is 11.2. The minimum atomic E-state index is 0.607. The van der Waals surface area contributed by atoms with Gasteiger partial charge in [0.1, 0.15) is 5.82 Å². The Balaban J connectivity index is 1.65. The van der Waals surface area contributed by atoms with Gasteiger partial charge in [0.15, 0.2) is 5.82 Å². The largest absolute Gasteiger partial charge is 0.262 e. The minimum Gasteiger partial charge on any atom is -0.262 e. The van der Waals surface area contributed by atoms with Crippen LogP contribution in [0.25, 0.3) is 11.4 Å². The number of H-pyrrole nitrogens is 1. The molecule has 1 aromatic heterocycles. The molecular formula is C16H19N3. The highest BCUT2D eigenvalue weighted by molar-refractivity contribution is 5.58. The van der Waals surface area contributed by atoms with Crippen LogP contribution in [0.15, 0.2) is 18.2 Å². The van der Waals surface area contributed by atoms with Crippen molar-refractivity contribution in [2.75, 3.05) is 0 Å². The lowest BCUT2D eigenvalue weighted by Crippen LogP contribution is -1.94. The predicted molar refractivity (Wildman–Crippen MR) is 75.1 cm³/mol. The SMILES string of the molecule is c1cc2c(cc1-c1n[nH]c(C3CCCC3)n1)CCC2. The molecule has 0 bridgehead atoms. The first-order valence-electron chi connectivity index (χ1n) is 7.44. The highest BCUT2D eigenvalue weighted by Crippen LogP contribution is 2.33. The molecule has 2 aliphatic rings. The summed E-state index contributed by atoms with van der Waals surface area (Å²) in [6, 6.07) is 6.71. The summed E-state index contributed by atoms with van der Waals surface area (Å²) < 4.78 is 0. The van der Waals surface area contributed by atoms with E-state index in [1.165, 1.54) is 61.6 Å². The Kier molecular flexibility index (Phi) is 2.64. The van der Waals surface area contributed by atoms with Crippen LogP contribution in [0.3, 0.4) is 0 Å². The van der Waals surface area contributed by atoms with Gasteiger partial charge in [-0.25, -0.2) is 4.98 Å². The zero-order chi connectivity index (χ0) is 12.7. The smallest absolute Gasteiger partial charge is 0.181 e. The topological polar surface area (TPSA) is 41.6 Å². The van der Waals surface area contributed by atoms with Gasteiger partial charge in [-0.05, 0) is 49.3 Å². The molecule has 0 spiro atoms. The van der Waals surface area contributed by atoms with Crippen LogP contribution >= 0.6 is 0 Å². The summed E-state index contributed by atoms with van der Waals surface area (Å²) in [4.78, 5) is 4.72. The lowest BCUT2D eigenvalue weighted by atomic mass is 10.1. The normalized spacial score (nSPS) is 18.9.